The monoisotopic (exact) mass is 273 g/mol. The van der Waals surface area contributed by atoms with E-state index in [4.69, 9.17) is 0 Å². The Balaban J connectivity index is 2.15. The molecule has 2 atom stereocenters. The number of hydrogen-bond acceptors (Lipinski definition) is 3. The van der Waals surface area contributed by atoms with Gasteiger partial charge in [-0.2, -0.15) is 0 Å². The number of carbonyl (C=O) groups is 3. The Morgan fingerprint density at radius 2 is 1.80 bits per heavy atom. The minimum absolute atomic E-state index is 0.00741. The molecule has 0 aromatic heterocycles. The van der Waals surface area contributed by atoms with Gasteiger partial charge in [0.1, 0.15) is 0 Å². The summed E-state index contributed by atoms with van der Waals surface area (Å²) in [5.74, 6) is -1.90. The number of carboxylic acids is 1. The van der Waals surface area contributed by atoms with Gasteiger partial charge >= 0.3 is 5.97 Å². The lowest BCUT2D eigenvalue weighted by Crippen LogP contribution is -2.47. The fourth-order valence-electron chi connectivity index (χ4n) is 3.25. The Hall–Kier alpha value is -2.17. The SMILES string of the molecule is Cc1cccc(C(=O)O)c1N1C(=O)C2CCC(C2)C1=O. The molecule has 5 nitrogen and oxygen atoms in total. The van der Waals surface area contributed by atoms with Crippen molar-refractivity contribution >= 4 is 23.5 Å². The van der Waals surface area contributed by atoms with Crippen LogP contribution in [0.5, 0.6) is 0 Å². The summed E-state index contributed by atoms with van der Waals surface area (Å²) in [6.07, 6.45) is 2.06. The highest BCUT2D eigenvalue weighted by molar-refractivity contribution is 6.21. The number of piperidine rings is 1. The van der Waals surface area contributed by atoms with Gasteiger partial charge in [0.25, 0.3) is 0 Å². The Kier molecular flexibility index (Phi) is 2.85. The number of benzene rings is 1. The van der Waals surface area contributed by atoms with E-state index in [0.717, 1.165) is 17.7 Å². The molecule has 1 N–H and O–H groups in total. The van der Waals surface area contributed by atoms with Gasteiger partial charge < -0.3 is 5.11 Å². The van der Waals surface area contributed by atoms with E-state index in [1.165, 1.54) is 6.07 Å². The van der Waals surface area contributed by atoms with E-state index in [2.05, 4.69) is 0 Å². The van der Waals surface area contributed by atoms with E-state index < -0.39 is 5.97 Å². The lowest BCUT2D eigenvalue weighted by molar-refractivity contribution is -0.133. The van der Waals surface area contributed by atoms with Gasteiger partial charge in [0.15, 0.2) is 0 Å². The van der Waals surface area contributed by atoms with Crippen LogP contribution in [0.1, 0.15) is 35.2 Å². The fourth-order valence-corrected chi connectivity index (χ4v) is 3.25. The minimum Gasteiger partial charge on any atom is -0.478 e. The number of rotatable bonds is 2. The second-order valence-electron chi connectivity index (χ2n) is 5.50. The summed E-state index contributed by atoms with van der Waals surface area (Å²) >= 11 is 0. The largest absolute Gasteiger partial charge is 0.478 e. The van der Waals surface area contributed by atoms with Crippen molar-refractivity contribution in [2.75, 3.05) is 4.90 Å². The Morgan fingerprint density at radius 3 is 2.35 bits per heavy atom. The zero-order valence-electron chi connectivity index (χ0n) is 11.1. The first-order valence-electron chi connectivity index (χ1n) is 6.71. The van der Waals surface area contributed by atoms with Crippen LogP contribution < -0.4 is 4.90 Å². The molecule has 1 aromatic carbocycles. The molecule has 1 saturated carbocycles. The summed E-state index contributed by atoms with van der Waals surface area (Å²) in [6, 6.07) is 4.77. The number of anilines is 1. The third-order valence-electron chi connectivity index (χ3n) is 4.26. The first kappa shape index (κ1) is 12.8. The molecule has 104 valence electrons. The zero-order valence-corrected chi connectivity index (χ0v) is 11.1. The Bertz CT molecular complexity index is 600. The van der Waals surface area contributed by atoms with Gasteiger partial charge in [-0.15, -0.1) is 0 Å². The van der Waals surface area contributed by atoms with Crippen LogP contribution in [-0.4, -0.2) is 22.9 Å². The number of aromatic carboxylic acids is 1. The van der Waals surface area contributed by atoms with Crippen LogP contribution in [0, 0.1) is 18.8 Å². The van der Waals surface area contributed by atoms with Gasteiger partial charge in [-0.3, -0.25) is 9.59 Å². The van der Waals surface area contributed by atoms with Crippen molar-refractivity contribution in [3.63, 3.8) is 0 Å². The van der Waals surface area contributed by atoms with Crippen LogP contribution in [0.4, 0.5) is 5.69 Å². The second kappa shape index (κ2) is 4.44. The third-order valence-corrected chi connectivity index (χ3v) is 4.26. The number of aryl methyl sites for hydroxylation is 1. The van der Waals surface area contributed by atoms with E-state index in [1.54, 1.807) is 19.1 Å². The van der Waals surface area contributed by atoms with Gasteiger partial charge in [-0.05, 0) is 37.8 Å². The number of carboxylic acid groups (broad SMARTS) is 1. The topological polar surface area (TPSA) is 74.7 Å². The number of carbonyl (C=O) groups excluding carboxylic acids is 2. The first-order chi connectivity index (χ1) is 9.50. The zero-order chi connectivity index (χ0) is 14.4. The molecule has 0 radical (unpaired) electrons. The van der Waals surface area contributed by atoms with Gasteiger partial charge in [-0.1, -0.05) is 12.1 Å². The smallest absolute Gasteiger partial charge is 0.337 e. The average molecular weight is 273 g/mol. The molecule has 1 heterocycles. The molecule has 1 aromatic rings. The van der Waals surface area contributed by atoms with Crippen molar-refractivity contribution in [3.05, 3.63) is 29.3 Å². The maximum absolute atomic E-state index is 12.4. The fraction of sp³-hybridized carbons (Fsp3) is 0.400. The third kappa shape index (κ3) is 1.73. The molecule has 1 aliphatic carbocycles. The second-order valence-corrected chi connectivity index (χ2v) is 5.50. The van der Waals surface area contributed by atoms with E-state index in [1.807, 2.05) is 0 Å². The first-order valence-corrected chi connectivity index (χ1v) is 6.71. The molecule has 2 aliphatic rings. The van der Waals surface area contributed by atoms with Crippen LogP contribution in [-0.2, 0) is 9.59 Å². The quantitative estimate of drug-likeness (QED) is 0.836. The predicted molar refractivity (Wildman–Crippen MR) is 71.5 cm³/mol. The van der Waals surface area contributed by atoms with Crippen molar-refractivity contribution in [1.29, 1.82) is 0 Å². The lowest BCUT2D eigenvalue weighted by Gasteiger charge is -2.31. The number of amides is 2. The molecular formula is C15H15NO4. The Labute approximate surface area is 116 Å². The molecule has 2 amide bonds. The molecule has 2 fully saturated rings. The molecule has 2 bridgehead atoms. The van der Waals surface area contributed by atoms with Gasteiger partial charge in [0.2, 0.25) is 11.8 Å². The van der Waals surface area contributed by atoms with Crippen molar-refractivity contribution in [2.45, 2.75) is 26.2 Å². The number of imide groups is 1. The van der Waals surface area contributed by atoms with Crippen molar-refractivity contribution in [3.8, 4) is 0 Å². The summed E-state index contributed by atoms with van der Waals surface area (Å²) in [7, 11) is 0. The van der Waals surface area contributed by atoms with Crippen LogP contribution >= 0.6 is 0 Å². The van der Waals surface area contributed by atoms with Crippen LogP contribution in [0.15, 0.2) is 18.2 Å². The van der Waals surface area contributed by atoms with Crippen LogP contribution in [0.3, 0.4) is 0 Å². The maximum atomic E-state index is 12.4. The minimum atomic E-state index is -1.12. The lowest BCUT2D eigenvalue weighted by atomic mass is 9.94. The number of hydrogen-bond donors (Lipinski definition) is 1. The summed E-state index contributed by atoms with van der Waals surface area (Å²) in [6.45, 7) is 1.72. The molecule has 0 spiro atoms. The standard InChI is InChI=1S/C15H15NO4/c1-8-3-2-4-11(15(19)20)12(8)16-13(17)9-5-6-10(7-9)14(16)18/h2-4,9-10H,5-7H2,1H3,(H,19,20). The molecule has 2 unspecified atom stereocenters. The predicted octanol–water partition coefficient (Wildman–Crippen LogP) is 1.98. The summed E-state index contributed by atoms with van der Waals surface area (Å²) in [4.78, 5) is 37.3. The van der Waals surface area contributed by atoms with Gasteiger partial charge in [0.05, 0.1) is 11.3 Å². The molecular weight excluding hydrogens is 258 g/mol. The van der Waals surface area contributed by atoms with Gasteiger partial charge in [-0.25, -0.2) is 9.69 Å². The normalized spacial score (nSPS) is 25.1. The van der Waals surface area contributed by atoms with E-state index >= 15 is 0 Å². The number of nitrogens with zero attached hydrogens (tertiary/aromatic N) is 1. The summed E-state index contributed by atoms with van der Waals surface area (Å²) < 4.78 is 0. The maximum Gasteiger partial charge on any atom is 0.337 e. The highest BCUT2D eigenvalue weighted by Gasteiger charge is 2.47. The number of fused-ring (bicyclic) bond motifs is 2. The van der Waals surface area contributed by atoms with Crippen molar-refractivity contribution < 1.29 is 19.5 Å². The number of para-hydroxylation sites is 1. The summed E-state index contributed by atoms with van der Waals surface area (Å²) in [5, 5.41) is 9.29. The molecule has 5 heteroatoms. The molecule has 1 aliphatic heterocycles. The van der Waals surface area contributed by atoms with E-state index in [0.29, 0.717) is 12.0 Å². The highest BCUT2D eigenvalue weighted by Crippen LogP contribution is 2.41. The van der Waals surface area contributed by atoms with E-state index in [-0.39, 0.29) is 34.9 Å². The average Bonchev–Trinajstić information content (AvgIpc) is 2.85. The van der Waals surface area contributed by atoms with E-state index in [9.17, 15) is 19.5 Å². The molecule has 3 rings (SSSR count). The molecule has 20 heavy (non-hydrogen) atoms. The summed E-state index contributed by atoms with van der Waals surface area (Å²) in [5.41, 5.74) is 0.882. The van der Waals surface area contributed by atoms with Crippen molar-refractivity contribution in [2.24, 2.45) is 11.8 Å². The van der Waals surface area contributed by atoms with Gasteiger partial charge in [0, 0.05) is 11.8 Å². The highest BCUT2D eigenvalue weighted by atomic mass is 16.4. The van der Waals surface area contributed by atoms with Crippen molar-refractivity contribution in [1.82, 2.24) is 0 Å². The Morgan fingerprint density at radius 1 is 1.20 bits per heavy atom. The van der Waals surface area contributed by atoms with Crippen LogP contribution in [0.2, 0.25) is 0 Å². The van der Waals surface area contributed by atoms with Crippen LogP contribution in [0.25, 0.3) is 0 Å². The molecule has 1 saturated heterocycles.